The highest BCUT2D eigenvalue weighted by molar-refractivity contribution is 5.93. The summed E-state index contributed by atoms with van der Waals surface area (Å²) in [6.45, 7) is 8.87. The molecule has 0 spiro atoms. The fourth-order valence-electron chi connectivity index (χ4n) is 2.72. The zero-order valence-electron chi connectivity index (χ0n) is 12.0. The molecule has 19 heavy (non-hydrogen) atoms. The van der Waals surface area contributed by atoms with Gasteiger partial charge in [-0.2, -0.15) is 0 Å². The van der Waals surface area contributed by atoms with Gasteiger partial charge in [0.05, 0.1) is 0 Å². The third kappa shape index (κ3) is 2.33. The smallest absolute Gasteiger partial charge is 0.0460 e. The molecule has 0 bridgehead atoms. The van der Waals surface area contributed by atoms with Gasteiger partial charge >= 0.3 is 0 Å². The zero-order valence-corrected chi connectivity index (χ0v) is 12.0. The topological polar surface area (TPSA) is 27.8 Å². The fraction of sp³-hybridized carbons (Fsp3) is 0.412. The van der Waals surface area contributed by atoms with Gasteiger partial charge in [-0.05, 0) is 41.6 Å². The third-order valence-corrected chi connectivity index (χ3v) is 3.96. The minimum absolute atomic E-state index is 0.200. The molecule has 0 saturated carbocycles. The van der Waals surface area contributed by atoms with Crippen LogP contribution in [0.1, 0.15) is 38.3 Å². The van der Waals surface area contributed by atoms with E-state index in [-0.39, 0.29) is 5.41 Å². The van der Waals surface area contributed by atoms with Crippen LogP contribution in [0.3, 0.4) is 0 Å². The molecule has 0 saturated heterocycles. The summed E-state index contributed by atoms with van der Waals surface area (Å²) in [6.07, 6.45) is 5.59. The van der Waals surface area contributed by atoms with Crippen LogP contribution < -0.4 is 5.32 Å². The molecule has 2 nitrogen and oxygen atoms in total. The fourth-order valence-corrected chi connectivity index (χ4v) is 2.72. The second-order valence-corrected chi connectivity index (χ2v) is 6.40. The van der Waals surface area contributed by atoms with E-state index in [4.69, 9.17) is 0 Å². The van der Waals surface area contributed by atoms with Crippen molar-refractivity contribution in [1.29, 1.82) is 0 Å². The Morgan fingerprint density at radius 1 is 1.16 bits per heavy atom. The van der Waals surface area contributed by atoms with Gasteiger partial charge in [-0.1, -0.05) is 32.9 Å². The predicted molar refractivity (Wildman–Crippen MR) is 82.5 cm³/mol. The van der Waals surface area contributed by atoms with E-state index in [9.17, 15) is 0 Å². The van der Waals surface area contributed by atoms with Crippen molar-refractivity contribution in [2.45, 2.75) is 32.6 Å². The number of hydrogen-bond donors (Lipinski definition) is 2. The number of aromatic amines is 1. The van der Waals surface area contributed by atoms with Gasteiger partial charge in [0.2, 0.25) is 0 Å². The summed E-state index contributed by atoms with van der Waals surface area (Å²) in [6, 6.07) is 6.80. The lowest BCUT2D eigenvalue weighted by atomic mass is 9.86. The molecule has 2 aromatic rings. The summed E-state index contributed by atoms with van der Waals surface area (Å²) in [5.41, 5.74) is 5.68. The molecule has 0 fully saturated rings. The molecule has 1 aliphatic heterocycles. The minimum Gasteiger partial charge on any atom is -0.361 e. The summed E-state index contributed by atoms with van der Waals surface area (Å²) in [7, 11) is 0. The second kappa shape index (κ2) is 4.53. The van der Waals surface area contributed by atoms with Crippen LogP contribution in [0, 0.1) is 0 Å². The first-order chi connectivity index (χ1) is 9.05. The first-order valence-electron chi connectivity index (χ1n) is 7.07. The maximum atomic E-state index is 3.40. The van der Waals surface area contributed by atoms with Gasteiger partial charge < -0.3 is 10.3 Å². The number of nitrogens with one attached hydrogen (secondary N) is 2. The van der Waals surface area contributed by atoms with Gasteiger partial charge in [-0.25, -0.2) is 0 Å². The summed E-state index contributed by atoms with van der Waals surface area (Å²) >= 11 is 0. The standard InChI is InChI=1S/C17H22N2/c1-17(2,3)13-4-5-16-14(10-13)15(11-19-16)12-6-8-18-9-7-12/h4-6,10-11,18-19H,7-9H2,1-3H3. The summed E-state index contributed by atoms with van der Waals surface area (Å²) in [5, 5.41) is 4.74. The Balaban J connectivity index is 2.13. The zero-order chi connectivity index (χ0) is 13.5. The van der Waals surface area contributed by atoms with Crippen molar-refractivity contribution in [3.63, 3.8) is 0 Å². The Hall–Kier alpha value is -1.54. The van der Waals surface area contributed by atoms with E-state index in [1.165, 1.54) is 27.6 Å². The maximum Gasteiger partial charge on any atom is 0.0460 e. The number of rotatable bonds is 1. The van der Waals surface area contributed by atoms with E-state index in [0.29, 0.717) is 0 Å². The van der Waals surface area contributed by atoms with Gasteiger partial charge in [-0.3, -0.25) is 0 Å². The van der Waals surface area contributed by atoms with Crippen molar-refractivity contribution in [3.05, 3.63) is 41.6 Å². The molecule has 100 valence electrons. The summed E-state index contributed by atoms with van der Waals surface area (Å²) < 4.78 is 0. The molecule has 0 aliphatic carbocycles. The number of aromatic nitrogens is 1. The molecular weight excluding hydrogens is 232 g/mol. The number of fused-ring (bicyclic) bond motifs is 1. The van der Waals surface area contributed by atoms with Gasteiger partial charge in [0, 0.05) is 29.2 Å². The van der Waals surface area contributed by atoms with E-state index < -0.39 is 0 Å². The van der Waals surface area contributed by atoms with Gasteiger partial charge in [0.1, 0.15) is 0 Å². The molecule has 1 aromatic heterocycles. The molecule has 2 N–H and O–H groups in total. The van der Waals surface area contributed by atoms with Crippen molar-refractivity contribution in [3.8, 4) is 0 Å². The molecule has 0 amide bonds. The Kier molecular flexibility index (Phi) is 2.98. The number of hydrogen-bond acceptors (Lipinski definition) is 1. The van der Waals surface area contributed by atoms with Crippen LogP contribution in [0.4, 0.5) is 0 Å². The Bertz CT molecular complexity index is 626. The van der Waals surface area contributed by atoms with Crippen LogP contribution in [0.15, 0.2) is 30.5 Å². The van der Waals surface area contributed by atoms with Crippen molar-refractivity contribution in [1.82, 2.24) is 10.3 Å². The highest BCUT2D eigenvalue weighted by atomic mass is 14.8. The molecular formula is C17H22N2. The lowest BCUT2D eigenvalue weighted by Gasteiger charge is -2.19. The average Bonchev–Trinajstić information content (AvgIpc) is 2.81. The quantitative estimate of drug-likeness (QED) is 0.795. The van der Waals surface area contributed by atoms with Crippen LogP contribution >= 0.6 is 0 Å². The highest BCUT2D eigenvalue weighted by Gasteiger charge is 2.16. The Morgan fingerprint density at radius 2 is 2.00 bits per heavy atom. The first-order valence-corrected chi connectivity index (χ1v) is 7.07. The van der Waals surface area contributed by atoms with Gasteiger partial charge in [0.15, 0.2) is 0 Å². The lowest BCUT2D eigenvalue weighted by molar-refractivity contribution is 0.591. The van der Waals surface area contributed by atoms with Crippen LogP contribution in [0.25, 0.3) is 16.5 Å². The van der Waals surface area contributed by atoms with Crippen molar-refractivity contribution < 1.29 is 0 Å². The average molecular weight is 254 g/mol. The maximum absolute atomic E-state index is 3.40. The summed E-state index contributed by atoms with van der Waals surface area (Å²) in [4.78, 5) is 3.40. The summed E-state index contributed by atoms with van der Waals surface area (Å²) in [5.74, 6) is 0. The van der Waals surface area contributed by atoms with Crippen LogP contribution in [-0.2, 0) is 5.41 Å². The number of benzene rings is 1. The van der Waals surface area contributed by atoms with Gasteiger partial charge in [-0.15, -0.1) is 0 Å². The van der Waals surface area contributed by atoms with Crippen LogP contribution in [0.2, 0.25) is 0 Å². The normalized spacial score (nSPS) is 16.7. The predicted octanol–water partition coefficient (Wildman–Crippen LogP) is 3.84. The van der Waals surface area contributed by atoms with Crippen LogP contribution in [0.5, 0.6) is 0 Å². The van der Waals surface area contributed by atoms with E-state index in [1.807, 2.05) is 0 Å². The first kappa shape index (κ1) is 12.5. The molecule has 1 aromatic carbocycles. The van der Waals surface area contributed by atoms with E-state index in [2.05, 4.69) is 61.5 Å². The highest BCUT2D eigenvalue weighted by Crippen LogP contribution is 2.31. The van der Waals surface area contributed by atoms with Crippen molar-refractivity contribution >= 4 is 16.5 Å². The van der Waals surface area contributed by atoms with Crippen molar-refractivity contribution in [2.75, 3.05) is 13.1 Å². The molecule has 2 heteroatoms. The molecule has 0 unspecified atom stereocenters. The molecule has 0 radical (unpaired) electrons. The molecule has 2 heterocycles. The van der Waals surface area contributed by atoms with E-state index >= 15 is 0 Å². The monoisotopic (exact) mass is 254 g/mol. The number of H-pyrrole nitrogens is 1. The minimum atomic E-state index is 0.200. The van der Waals surface area contributed by atoms with Crippen LogP contribution in [-0.4, -0.2) is 18.1 Å². The van der Waals surface area contributed by atoms with Gasteiger partial charge in [0.25, 0.3) is 0 Å². The third-order valence-electron chi connectivity index (χ3n) is 3.96. The Labute approximate surface area is 114 Å². The van der Waals surface area contributed by atoms with E-state index in [0.717, 1.165) is 19.5 Å². The molecule has 0 atom stereocenters. The van der Waals surface area contributed by atoms with E-state index in [1.54, 1.807) is 0 Å². The largest absolute Gasteiger partial charge is 0.361 e. The molecule has 3 rings (SSSR count). The lowest BCUT2D eigenvalue weighted by Crippen LogP contribution is -2.19. The SMILES string of the molecule is CC(C)(C)c1ccc2[nH]cc(C3=CCNCC3)c2c1. The second-order valence-electron chi connectivity index (χ2n) is 6.40. The van der Waals surface area contributed by atoms with Crippen molar-refractivity contribution in [2.24, 2.45) is 0 Å². The molecule has 1 aliphatic rings. The Morgan fingerprint density at radius 3 is 2.68 bits per heavy atom.